The number of para-hydroxylation sites is 1. The number of carbonyl (C=O) groups is 2. The highest BCUT2D eigenvalue weighted by Crippen LogP contribution is 2.40. The summed E-state index contributed by atoms with van der Waals surface area (Å²) in [6, 6.07) is 17.0. The number of nitrogens with one attached hydrogen (secondary N) is 1. The van der Waals surface area contributed by atoms with Gasteiger partial charge in [0.05, 0.1) is 23.5 Å². The van der Waals surface area contributed by atoms with Gasteiger partial charge >= 0.3 is 0 Å². The lowest BCUT2D eigenvalue weighted by Crippen LogP contribution is -2.33. The SMILES string of the molecule is O=C(CCCN1C(=O)c2cccnc2Sc2ccccc21)NCc1ccccn1. The Hall–Kier alpha value is -3.19. The van der Waals surface area contributed by atoms with Gasteiger partial charge in [0.2, 0.25) is 5.91 Å². The molecule has 146 valence electrons. The normalized spacial score (nSPS) is 12.7. The number of hydrogen-bond donors (Lipinski definition) is 1. The second-order valence-corrected chi connectivity index (χ2v) is 7.61. The van der Waals surface area contributed by atoms with Crippen molar-refractivity contribution in [3.8, 4) is 0 Å². The van der Waals surface area contributed by atoms with Crippen LogP contribution in [0.2, 0.25) is 0 Å². The smallest absolute Gasteiger partial charge is 0.261 e. The number of benzene rings is 1. The Morgan fingerprint density at radius 1 is 1.00 bits per heavy atom. The molecule has 4 rings (SSSR count). The number of rotatable bonds is 6. The monoisotopic (exact) mass is 404 g/mol. The highest BCUT2D eigenvalue weighted by molar-refractivity contribution is 7.99. The van der Waals surface area contributed by atoms with Crippen molar-refractivity contribution >= 4 is 29.3 Å². The van der Waals surface area contributed by atoms with Crippen molar-refractivity contribution in [3.63, 3.8) is 0 Å². The summed E-state index contributed by atoms with van der Waals surface area (Å²) >= 11 is 1.50. The van der Waals surface area contributed by atoms with E-state index < -0.39 is 0 Å². The van der Waals surface area contributed by atoms with E-state index in [1.54, 1.807) is 29.4 Å². The number of hydrogen-bond acceptors (Lipinski definition) is 5. The van der Waals surface area contributed by atoms with Gasteiger partial charge in [0.1, 0.15) is 5.03 Å². The highest BCUT2D eigenvalue weighted by atomic mass is 32.2. The maximum absolute atomic E-state index is 13.1. The van der Waals surface area contributed by atoms with Crippen LogP contribution in [0.15, 0.2) is 76.9 Å². The first-order chi connectivity index (χ1) is 14.2. The fourth-order valence-electron chi connectivity index (χ4n) is 3.16. The molecule has 0 bridgehead atoms. The van der Waals surface area contributed by atoms with Crippen LogP contribution >= 0.6 is 11.8 Å². The van der Waals surface area contributed by atoms with Gasteiger partial charge in [-0.05, 0) is 42.8 Å². The standard InChI is InChI=1S/C22H20N4O2S/c27-20(25-15-16-7-3-4-12-23-16)11-6-14-26-18-9-1-2-10-19(18)29-21-17(22(26)28)8-5-13-24-21/h1-5,7-10,12-13H,6,11,14-15H2,(H,25,27). The Morgan fingerprint density at radius 2 is 1.83 bits per heavy atom. The Labute approximate surface area is 173 Å². The quantitative estimate of drug-likeness (QED) is 0.678. The minimum absolute atomic E-state index is 0.0531. The van der Waals surface area contributed by atoms with Crippen molar-refractivity contribution in [2.45, 2.75) is 29.3 Å². The molecule has 1 aliphatic rings. The van der Waals surface area contributed by atoms with Crippen LogP contribution in [0.3, 0.4) is 0 Å². The number of aromatic nitrogens is 2. The van der Waals surface area contributed by atoms with Crippen LogP contribution < -0.4 is 10.2 Å². The number of carbonyl (C=O) groups excluding carboxylic acids is 2. The molecule has 2 amide bonds. The average molecular weight is 404 g/mol. The van der Waals surface area contributed by atoms with Gasteiger partial charge in [0.25, 0.3) is 5.91 Å². The zero-order valence-corrected chi connectivity index (χ0v) is 16.6. The molecule has 3 aromatic rings. The molecule has 1 aliphatic heterocycles. The highest BCUT2D eigenvalue weighted by Gasteiger charge is 2.27. The van der Waals surface area contributed by atoms with E-state index in [0.29, 0.717) is 36.5 Å². The molecule has 7 heteroatoms. The van der Waals surface area contributed by atoms with Crippen molar-refractivity contribution in [1.29, 1.82) is 0 Å². The van der Waals surface area contributed by atoms with E-state index in [-0.39, 0.29) is 11.8 Å². The van der Waals surface area contributed by atoms with Gasteiger partial charge in [-0.1, -0.05) is 30.0 Å². The van der Waals surface area contributed by atoms with Crippen molar-refractivity contribution < 1.29 is 9.59 Å². The van der Waals surface area contributed by atoms with Crippen LogP contribution in [-0.4, -0.2) is 28.3 Å². The van der Waals surface area contributed by atoms with E-state index in [1.165, 1.54) is 11.8 Å². The second-order valence-electron chi connectivity index (χ2n) is 6.58. The summed E-state index contributed by atoms with van der Waals surface area (Å²) in [6.45, 7) is 0.864. The Kier molecular flexibility index (Phi) is 5.86. The third kappa shape index (κ3) is 4.46. The van der Waals surface area contributed by atoms with E-state index in [4.69, 9.17) is 0 Å². The average Bonchev–Trinajstić information content (AvgIpc) is 2.88. The van der Waals surface area contributed by atoms with E-state index in [1.807, 2.05) is 42.5 Å². The van der Waals surface area contributed by atoms with Crippen LogP contribution in [0.4, 0.5) is 5.69 Å². The first-order valence-corrected chi connectivity index (χ1v) is 10.2. The van der Waals surface area contributed by atoms with Crippen LogP contribution in [0.25, 0.3) is 0 Å². The minimum atomic E-state index is -0.0838. The summed E-state index contributed by atoms with van der Waals surface area (Å²) in [4.78, 5) is 36.6. The summed E-state index contributed by atoms with van der Waals surface area (Å²) in [7, 11) is 0. The molecule has 0 spiro atoms. The third-order valence-corrected chi connectivity index (χ3v) is 5.67. The van der Waals surface area contributed by atoms with Gasteiger partial charge in [-0.3, -0.25) is 14.6 Å². The summed E-state index contributed by atoms with van der Waals surface area (Å²) in [5.74, 6) is -0.137. The van der Waals surface area contributed by atoms with Crippen LogP contribution in [0.1, 0.15) is 28.9 Å². The predicted molar refractivity (Wildman–Crippen MR) is 112 cm³/mol. The second kappa shape index (κ2) is 8.87. The molecule has 2 aromatic heterocycles. The van der Waals surface area contributed by atoms with Crippen molar-refractivity contribution in [1.82, 2.24) is 15.3 Å². The predicted octanol–water partition coefficient (Wildman–Crippen LogP) is 3.68. The largest absolute Gasteiger partial charge is 0.350 e. The number of fused-ring (bicyclic) bond motifs is 2. The number of anilines is 1. The van der Waals surface area contributed by atoms with Gasteiger partial charge in [-0.15, -0.1) is 0 Å². The lowest BCUT2D eigenvalue weighted by molar-refractivity contribution is -0.121. The van der Waals surface area contributed by atoms with Gasteiger partial charge in [-0.25, -0.2) is 4.98 Å². The van der Waals surface area contributed by atoms with E-state index in [2.05, 4.69) is 15.3 Å². The molecule has 0 fully saturated rings. The molecular formula is C22H20N4O2S. The molecule has 0 saturated heterocycles. The fourth-order valence-corrected chi connectivity index (χ4v) is 4.18. The molecule has 1 N–H and O–H groups in total. The molecule has 3 heterocycles. The van der Waals surface area contributed by atoms with Crippen LogP contribution in [-0.2, 0) is 11.3 Å². The van der Waals surface area contributed by atoms with E-state index >= 15 is 0 Å². The molecule has 0 saturated carbocycles. The van der Waals surface area contributed by atoms with E-state index in [9.17, 15) is 9.59 Å². The van der Waals surface area contributed by atoms with Crippen molar-refractivity contribution in [2.24, 2.45) is 0 Å². The molecule has 29 heavy (non-hydrogen) atoms. The molecule has 0 radical (unpaired) electrons. The summed E-state index contributed by atoms with van der Waals surface area (Å²) in [5.41, 5.74) is 2.27. The molecule has 0 aliphatic carbocycles. The summed E-state index contributed by atoms with van der Waals surface area (Å²) in [5, 5.41) is 3.58. The lowest BCUT2D eigenvalue weighted by atomic mass is 10.2. The molecule has 6 nitrogen and oxygen atoms in total. The topological polar surface area (TPSA) is 75.2 Å². The van der Waals surface area contributed by atoms with Gasteiger partial charge in [0, 0.05) is 30.3 Å². The van der Waals surface area contributed by atoms with Crippen LogP contribution in [0, 0.1) is 0 Å². The van der Waals surface area contributed by atoms with Crippen LogP contribution in [0.5, 0.6) is 0 Å². The first kappa shape index (κ1) is 19.1. The fraction of sp³-hybridized carbons (Fsp3) is 0.182. The molecule has 0 unspecified atom stereocenters. The summed E-state index contributed by atoms with van der Waals surface area (Å²) in [6.07, 6.45) is 4.30. The maximum Gasteiger partial charge on any atom is 0.261 e. The zero-order valence-electron chi connectivity index (χ0n) is 15.7. The number of nitrogens with zero attached hydrogens (tertiary/aromatic N) is 3. The van der Waals surface area contributed by atoms with Gasteiger partial charge in [-0.2, -0.15) is 0 Å². The number of amides is 2. The van der Waals surface area contributed by atoms with Crippen molar-refractivity contribution in [3.05, 3.63) is 78.2 Å². The molecule has 1 aromatic carbocycles. The first-order valence-electron chi connectivity index (χ1n) is 9.43. The van der Waals surface area contributed by atoms with Gasteiger partial charge < -0.3 is 10.2 Å². The summed E-state index contributed by atoms with van der Waals surface area (Å²) < 4.78 is 0. The maximum atomic E-state index is 13.1. The minimum Gasteiger partial charge on any atom is -0.350 e. The third-order valence-electron chi connectivity index (χ3n) is 4.59. The number of pyridine rings is 2. The Balaban J connectivity index is 1.42. The molecule has 0 atom stereocenters. The van der Waals surface area contributed by atoms with Gasteiger partial charge in [0.15, 0.2) is 0 Å². The van der Waals surface area contributed by atoms with E-state index in [0.717, 1.165) is 16.3 Å². The zero-order chi connectivity index (χ0) is 20.1. The Bertz CT molecular complexity index is 1030. The van der Waals surface area contributed by atoms with Crippen molar-refractivity contribution in [2.75, 3.05) is 11.4 Å². The Morgan fingerprint density at radius 3 is 2.69 bits per heavy atom. The molecular weight excluding hydrogens is 384 g/mol. The lowest BCUT2D eigenvalue weighted by Gasteiger charge is -2.22.